The van der Waals surface area contributed by atoms with Gasteiger partial charge in [0.25, 0.3) is 5.91 Å². The van der Waals surface area contributed by atoms with Crippen LogP contribution in [0.5, 0.6) is 5.75 Å². The number of carboxylic acids is 1. The molecule has 0 unspecified atom stereocenters. The molecule has 1 heterocycles. The fourth-order valence-electron chi connectivity index (χ4n) is 4.00. The van der Waals surface area contributed by atoms with E-state index in [0.717, 1.165) is 17.9 Å². The Morgan fingerprint density at radius 1 is 1.10 bits per heavy atom. The first-order chi connectivity index (χ1) is 19.4. The number of carbonyl (C=O) groups is 5. The van der Waals surface area contributed by atoms with Gasteiger partial charge < -0.3 is 24.8 Å². The van der Waals surface area contributed by atoms with Crippen LogP contribution >= 0.6 is 0 Å². The zero-order chi connectivity index (χ0) is 30.3. The van der Waals surface area contributed by atoms with E-state index < -0.39 is 89.8 Å². The molecule has 14 heteroatoms. The van der Waals surface area contributed by atoms with Crippen molar-refractivity contribution < 1.29 is 56.1 Å². The first kappa shape index (κ1) is 31.2. The maximum Gasteiger partial charge on any atom is 0.305 e. The van der Waals surface area contributed by atoms with E-state index in [1.807, 2.05) is 0 Å². The van der Waals surface area contributed by atoms with Crippen molar-refractivity contribution in [3.63, 3.8) is 0 Å². The highest BCUT2D eigenvalue weighted by atomic mass is 19.2. The average Bonchev–Trinajstić information content (AvgIpc) is 3.18. The van der Waals surface area contributed by atoms with Crippen LogP contribution in [0.25, 0.3) is 0 Å². The lowest BCUT2D eigenvalue weighted by molar-refractivity contribution is -0.145. The first-order valence-corrected chi connectivity index (χ1v) is 12.3. The van der Waals surface area contributed by atoms with Gasteiger partial charge in [-0.1, -0.05) is 18.2 Å². The molecule has 1 aliphatic rings. The average molecular weight is 583 g/mol. The molecular weight excluding hydrogens is 556 g/mol. The number of aryl methyl sites for hydroxylation is 1. The van der Waals surface area contributed by atoms with Gasteiger partial charge >= 0.3 is 5.97 Å². The lowest BCUT2D eigenvalue weighted by Crippen LogP contribution is -2.50. The normalized spacial score (nSPS) is 15.9. The number of carboxylic acid groups (broad SMARTS) is 1. The number of ketones is 2. The Morgan fingerprint density at radius 3 is 2.49 bits per heavy atom. The second-order valence-corrected chi connectivity index (χ2v) is 9.26. The number of ether oxygens (including phenoxy) is 2. The summed E-state index contributed by atoms with van der Waals surface area (Å²) in [5.74, 6) is -12.8. The Kier molecular flexibility index (Phi) is 10.5. The lowest BCUT2D eigenvalue weighted by Gasteiger charge is -2.24. The number of nitrogens with zero attached hydrogens (tertiary/aromatic N) is 1. The molecule has 10 nitrogen and oxygen atoms in total. The summed E-state index contributed by atoms with van der Waals surface area (Å²) < 4.78 is 65.9. The van der Waals surface area contributed by atoms with E-state index >= 15 is 0 Å². The summed E-state index contributed by atoms with van der Waals surface area (Å²) in [4.78, 5) is 63.3. The van der Waals surface area contributed by atoms with Gasteiger partial charge in [0, 0.05) is 19.5 Å². The Labute approximate surface area is 231 Å². The molecule has 0 bridgehead atoms. The molecule has 41 heavy (non-hydrogen) atoms. The number of nitrogens with one attached hydrogen (secondary N) is 1. The minimum absolute atomic E-state index is 0.0108. The van der Waals surface area contributed by atoms with Crippen molar-refractivity contribution in [2.24, 2.45) is 5.92 Å². The minimum atomic E-state index is -1.73. The van der Waals surface area contributed by atoms with Gasteiger partial charge in [-0.3, -0.25) is 24.0 Å². The van der Waals surface area contributed by atoms with Gasteiger partial charge in [-0.15, -0.1) is 0 Å². The summed E-state index contributed by atoms with van der Waals surface area (Å²) in [6, 6.07) is 4.28. The Morgan fingerprint density at radius 2 is 1.80 bits per heavy atom. The molecule has 0 aliphatic carbocycles. The molecule has 2 aromatic carbocycles. The van der Waals surface area contributed by atoms with Crippen molar-refractivity contribution in [1.82, 2.24) is 10.2 Å². The lowest BCUT2D eigenvalue weighted by atomic mass is 10.0. The Balaban J connectivity index is 1.67. The smallest absolute Gasteiger partial charge is 0.305 e. The van der Waals surface area contributed by atoms with Crippen molar-refractivity contribution in [2.75, 3.05) is 32.9 Å². The first-order valence-electron chi connectivity index (χ1n) is 12.3. The van der Waals surface area contributed by atoms with E-state index in [1.165, 1.54) is 18.2 Å². The molecule has 220 valence electrons. The Hall–Kier alpha value is -4.33. The maximum absolute atomic E-state index is 14.2. The van der Waals surface area contributed by atoms with Crippen LogP contribution in [0.1, 0.15) is 17.5 Å². The molecule has 0 radical (unpaired) electrons. The molecule has 2 amide bonds. The number of carbonyl (C=O) groups excluding carboxylic acids is 4. The van der Waals surface area contributed by atoms with Crippen LogP contribution < -0.4 is 10.1 Å². The minimum Gasteiger partial charge on any atom is -0.481 e. The topological polar surface area (TPSA) is 139 Å². The highest BCUT2D eigenvalue weighted by molar-refractivity contribution is 6.36. The number of hydrogen-bond acceptors (Lipinski definition) is 7. The van der Waals surface area contributed by atoms with Crippen LogP contribution in [0.3, 0.4) is 0 Å². The summed E-state index contributed by atoms with van der Waals surface area (Å²) >= 11 is 0. The molecule has 0 saturated carbocycles. The predicted octanol–water partition coefficient (Wildman–Crippen LogP) is 1.75. The standard InChI is InChI=1S/C27H26F4N2O8/c1-14-8-18(29)24(31)25(23(14)30)41-13-21(35)19(10-22(36)37)32-26(38)16-11-33(6-7-40-12-16)27(39)20(34)9-15-4-2-3-5-17(15)28/h2-5,8,16,19H,6-7,9-13H2,1H3,(H,32,38)(H,36,37)/t16-,19+/m1/s1. The van der Waals surface area contributed by atoms with Crippen LogP contribution in [0.15, 0.2) is 30.3 Å². The number of rotatable bonds is 11. The highest BCUT2D eigenvalue weighted by Gasteiger charge is 2.33. The van der Waals surface area contributed by atoms with Gasteiger partial charge in [0.15, 0.2) is 23.2 Å². The van der Waals surface area contributed by atoms with E-state index in [4.69, 9.17) is 9.47 Å². The number of Topliss-reactive ketones (excluding diaryl/α,β-unsaturated/α-hetero) is 2. The summed E-state index contributed by atoms with van der Waals surface area (Å²) in [5, 5.41) is 11.4. The maximum atomic E-state index is 14.2. The third-order valence-electron chi connectivity index (χ3n) is 6.21. The van der Waals surface area contributed by atoms with Crippen molar-refractivity contribution >= 4 is 29.4 Å². The van der Waals surface area contributed by atoms with Gasteiger partial charge in [0.1, 0.15) is 18.5 Å². The van der Waals surface area contributed by atoms with E-state index in [1.54, 1.807) is 0 Å². The third-order valence-corrected chi connectivity index (χ3v) is 6.21. The number of benzene rings is 2. The number of halogens is 4. The second-order valence-electron chi connectivity index (χ2n) is 9.26. The van der Waals surface area contributed by atoms with Crippen LogP contribution in [0.4, 0.5) is 17.6 Å². The molecular formula is C27H26F4N2O8. The van der Waals surface area contributed by atoms with E-state index in [0.29, 0.717) is 6.07 Å². The predicted molar refractivity (Wildman–Crippen MR) is 132 cm³/mol. The molecule has 1 saturated heterocycles. The van der Waals surface area contributed by atoms with Crippen molar-refractivity contribution in [1.29, 1.82) is 0 Å². The fourth-order valence-corrected chi connectivity index (χ4v) is 4.00. The van der Waals surface area contributed by atoms with Gasteiger partial charge in [0.2, 0.25) is 17.5 Å². The van der Waals surface area contributed by atoms with E-state index in [-0.39, 0.29) is 37.4 Å². The van der Waals surface area contributed by atoms with Gasteiger partial charge in [-0.25, -0.2) is 13.2 Å². The largest absolute Gasteiger partial charge is 0.481 e. The number of hydrogen-bond donors (Lipinski definition) is 2. The van der Waals surface area contributed by atoms with Gasteiger partial charge in [-0.05, 0) is 30.2 Å². The summed E-state index contributed by atoms with van der Waals surface area (Å²) in [7, 11) is 0. The molecule has 0 spiro atoms. The van der Waals surface area contributed by atoms with E-state index in [2.05, 4.69) is 5.32 Å². The molecule has 0 aromatic heterocycles. The van der Waals surface area contributed by atoms with Crippen LogP contribution in [0, 0.1) is 36.1 Å². The monoisotopic (exact) mass is 582 g/mol. The summed E-state index contributed by atoms with van der Waals surface area (Å²) in [5.41, 5.74) is -0.293. The Bertz CT molecular complexity index is 1330. The molecule has 2 aromatic rings. The third kappa shape index (κ3) is 8.10. The van der Waals surface area contributed by atoms with Crippen LogP contribution in [-0.4, -0.2) is 78.3 Å². The molecule has 1 aliphatic heterocycles. The summed E-state index contributed by atoms with van der Waals surface area (Å²) in [6.45, 7) is -0.668. The second kappa shape index (κ2) is 13.8. The van der Waals surface area contributed by atoms with Crippen molar-refractivity contribution in [3.8, 4) is 5.75 Å². The zero-order valence-electron chi connectivity index (χ0n) is 21.8. The fraction of sp³-hybridized carbons (Fsp3) is 0.370. The van der Waals surface area contributed by atoms with Gasteiger partial charge in [-0.2, -0.15) is 4.39 Å². The zero-order valence-corrected chi connectivity index (χ0v) is 21.8. The van der Waals surface area contributed by atoms with Crippen molar-refractivity contribution in [2.45, 2.75) is 25.8 Å². The van der Waals surface area contributed by atoms with Crippen LogP contribution in [-0.2, 0) is 35.1 Å². The number of amides is 2. The molecule has 2 atom stereocenters. The quantitative estimate of drug-likeness (QED) is 0.232. The number of aliphatic carboxylic acids is 1. The molecule has 3 rings (SSSR count). The van der Waals surface area contributed by atoms with E-state index in [9.17, 15) is 46.6 Å². The summed E-state index contributed by atoms with van der Waals surface area (Å²) in [6.07, 6.45) is -1.45. The SMILES string of the molecule is Cc1cc(F)c(F)c(OCC(=O)[C@H](CC(=O)O)NC(=O)[C@H]2COCCN(C(=O)C(=O)Cc3ccccc3F)C2)c1F. The van der Waals surface area contributed by atoms with Crippen molar-refractivity contribution in [3.05, 3.63) is 64.7 Å². The van der Waals surface area contributed by atoms with Crippen LogP contribution in [0.2, 0.25) is 0 Å². The highest BCUT2D eigenvalue weighted by Crippen LogP contribution is 2.27. The van der Waals surface area contributed by atoms with Gasteiger partial charge in [0.05, 0.1) is 25.6 Å². The molecule has 2 N–H and O–H groups in total. The molecule has 1 fully saturated rings.